The number of nitrogens with zero attached hydrogens (tertiary/aromatic N) is 1. The minimum Gasteiger partial charge on any atom is -0.341 e. The molecule has 1 heterocycles. The number of anilines is 1. The lowest BCUT2D eigenvalue weighted by Crippen LogP contribution is -2.39. The van der Waals surface area contributed by atoms with E-state index in [4.69, 9.17) is 0 Å². The number of carbonyl (C=O) groups is 2. The van der Waals surface area contributed by atoms with Crippen molar-refractivity contribution in [1.29, 1.82) is 0 Å². The molecule has 1 N–H and O–H groups in total. The third-order valence-corrected chi connectivity index (χ3v) is 6.47. The van der Waals surface area contributed by atoms with Gasteiger partial charge in [0.2, 0.25) is 11.8 Å². The molecule has 1 aromatic rings. The highest BCUT2D eigenvalue weighted by Crippen LogP contribution is 2.23. The summed E-state index contributed by atoms with van der Waals surface area (Å²) in [4.78, 5) is 26.0. The fourth-order valence-corrected chi connectivity index (χ4v) is 4.91. The molecule has 2 rings (SSSR count). The molecule has 2 amide bonds. The molecule has 1 unspecified atom stereocenters. The van der Waals surface area contributed by atoms with Crippen molar-refractivity contribution < 1.29 is 18.0 Å². The molecule has 0 saturated carbocycles. The van der Waals surface area contributed by atoms with Gasteiger partial charge >= 0.3 is 0 Å². The van der Waals surface area contributed by atoms with Crippen molar-refractivity contribution in [3.8, 4) is 0 Å². The zero-order valence-corrected chi connectivity index (χ0v) is 15.9. The number of aryl methyl sites for hydroxylation is 2. The second kappa shape index (κ2) is 7.99. The summed E-state index contributed by atoms with van der Waals surface area (Å²) in [6, 6.07) is 5.56. The Morgan fingerprint density at radius 3 is 2.28 bits per heavy atom. The monoisotopic (exact) mass is 366 g/mol. The summed E-state index contributed by atoms with van der Waals surface area (Å²) in [7, 11) is -1.50. The number of amides is 2. The molecule has 1 atom stereocenters. The summed E-state index contributed by atoms with van der Waals surface area (Å²) in [5, 5.41) is 2.87. The number of carbonyl (C=O) groups excluding carboxylic acids is 2. The first-order valence-electron chi connectivity index (χ1n) is 8.64. The van der Waals surface area contributed by atoms with Gasteiger partial charge < -0.3 is 10.2 Å². The maximum absolute atomic E-state index is 12.3. The molecular weight excluding hydrogens is 340 g/mol. The van der Waals surface area contributed by atoms with Gasteiger partial charge in [-0.2, -0.15) is 0 Å². The number of nitrogens with one attached hydrogen (secondary N) is 1. The van der Waals surface area contributed by atoms with Crippen LogP contribution in [0.3, 0.4) is 0 Å². The Morgan fingerprint density at radius 2 is 1.80 bits per heavy atom. The van der Waals surface area contributed by atoms with E-state index in [-0.39, 0.29) is 35.8 Å². The minimum absolute atomic E-state index is 0.0183. The van der Waals surface area contributed by atoms with Crippen LogP contribution in [-0.4, -0.2) is 49.7 Å². The smallest absolute Gasteiger partial charge is 0.233 e. The van der Waals surface area contributed by atoms with Gasteiger partial charge in [0.25, 0.3) is 0 Å². The van der Waals surface area contributed by atoms with Crippen LogP contribution in [-0.2, 0) is 32.3 Å². The topological polar surface area (TPSA) is 83.6 Å². The molecule has 7 heteroatoms. The first kappa shape index (κ1) is 19.4. The Balaban J connectivity index is 2.02. The zero-order valence-electron chi connectivity index (χ0n) is 15.0. The van der Waals surface area contributed by atoms with Crippen LogP contribution in [0.4, 0.5) is 5.69 Å². The summed E-state index contributed by atoms with van der Waals surface area (Å²) >= 11 is 0. The Morgan fingerprint density at radius 1 is 1.20 bits per heavy atom. The van der Waals surface area contributed by atoms with Gasteiger partial charge in [-0.05, 0) is 30.4 Å². The maximum Gasteiger partial charge on any atom is 0.233 e. The zero-order chi connectivity index (χ0) is 18.6. The molecule has 1 fully saturated rings. The van der Waals surface area contributed by atoms with Crippen molar-refractivity contribution in [2.75, 3.05) is 23.9 Å². The van der Waals surface area contributed by atoms with Gasteiger partial charge in [0.1, 0.15) is 6.42 Å². The van der Waals surface area contributed by atoms with Crippen LogP contribution in [0.15, 0.2) is 18.2 Å². The molecule has 0 aliphatic carbocycles. The number of hydrogen-bond acceptors (Lipinski definition) is 4. The van der Waals surface area contributed by atoms with Gasteiger partial charge in [0.15, 0.2) is 9.84 Å². The lowest BCUT2D eigenvalue weighted by atomic mass is 10.0. The van der Waals surface area contributed by atoms with Gasteiger partial charge in [-0.25, -0.2) is 8.42 Å². The van der Waals surface area contributed by atoms with Crippen molar-refractivity contribution in [2.24, 2.45) is 0 Å². The molecular formula is C18H26N2O4S. The van der Waals surface area contributed by atoms with Gasteiger partial charge in [-0.1, -0.05) is 32.0 Å². The van der Waals surface area contributed by atoms with Crippen LogP contribution in [0.2, 0.25) is 0 Å². The van der Waals surface area contributed by atoms with E-state index in [1.807, 2.05) is 32.0 Å². The van der Waals surface area contributed by atoms with Crippen LogP contribution >= 0.6 is 0 Å². The third kappa shape index (κ3) is 4.81. The summed E-state index contributed by atoms with van der Waals surface area (Å²) in [6.45, 7) is 4.04. The first-order chi connectivity index (χ1) is 11.8. The van der Waals surface area contributed by atoms with Gasteiger partial charge in [-0.15, -0.1) is 0 Å². The summed E-state index contributed by atoms with van der Waals surface area (Å²) in [5.74, 6) is -0.638. The average Bonchev–Trinajstić information content (AvgIpc) is 2.94. The normalized spacial score (nSPS) is 18.8. The van der Waals surface area contributed by atoms with Crippen molar-refractivity contribution in [2.45, 2.75) is 45.6 Å². The standard InChI is InChI=1S/C18H26N2O4S/c1-4-13-7-6-8-14(5-2)18(13)19-16(21)11-17(22)20(3)15-9-10-25(23,24)12-15/h6-8,15H,4-5,9-12H2,1-3H3,(H,19,21). The molecule has 1 aliphatic rings. The predicted octanol–water partition coefficient (Wildman–Crippen LogP) is 1.79. The summed E-state index contributed by atoms with van der Waals surface area (Å²) in [5.41, 5.74) is 2.86. The number of rotatable bonds is 6. The lowest BCUT2D eigenvalue weighted by Gasteiger charge is -2.23. The molecule has 1 aliphatic heterocycles. The Bertz CT molecular complexity index is 736. The fraction of sp³-hybridized carbons (Fsp3) is 0.556. The van der Waals surface area contributed by atoms with Gasteiger partial charge in [0.05, 0.1) is 11.5 Å². The summed E-state index contributed by atoms with van der Waals surface area (Å²) < 4.78 is 23.1. The fourth-order valence-electron chi connectivity index (χ4n) is 3.13. The van der Waals surface area contributed by atoms with Crippen molar-refractivity contribution in [1.82, 2.24) is 4.90 Å². The van der Waals surface area contributed by atoms with E-state index in [0.29, 0.717) is 6.42 Å². The van der Waals surface area contributed by atoms with Crippen LogP contribution in [0.1, 0.15) is 37.8 Å². The SMILES string of the molecule is CCc1cccc(CC)c1NC(=O)CC(=O)N(C)C1CCS(=O)(=O)C1. The van der Waals surface area contributed by atoms with E-state index in [0.717, 1.165) is 29.7 Å². The predicted molar refractivity (Wildman–Crippen MR) is 98.3 cm³/mol. The molecule has 0 bridgehead atoms. The molecule has 6 nitrogen and oxygen atoms in total. The second-order valence-electron chi connectivity index (χ2n) is 6.44. The van der Waals surface area contributed by atoms with Crippen LogP contribution in [0.25, 0.3) is 0 Å². The Hall–Kier alpha value is -1.89. The Kier molecular flexibility index (Phi) is 6.21. The number of para-hydroxylation sites is 1. The third-order valence-electron chi connectivity index (χ3n) is 4.72. The van der Waals surface area contributed by atoms with Crippen molar-refractivity contribution in [3.63, 3.8) is 0 Å². The molecule has 1 aromatic carbocycles. The quantitative estimate of drug-likeness (QED) is 0.778. The highest BCUT2D eigenvalue weighted by molar-refractivity contribution is 7.91. The lowest BCUT2D eigenvalue weighted by molar-refractivity contribution is -0.134. The highest BCUT2D eigenvalue weighted by Gasteiger charge is 2.33. The van der Waals surface area contributed by atoms with Gasteiger partial charge in [0, 0.05) is 18.8 Å². The molecule has 0 aromatic heterocycles. The van der Waals surface area contributed by atoms with Crippen LogP contribution in [0, 0.1) is 0 Å². The van der Waals surface area contributed by atoms with E-state index in [9.17, 15) is 18.0 Å². The Labute approximate surface area is 149 Å². The minimum atomic E-state index is -3.06. The first-order valence-corrected chi connectivity index (χ1v) is 10.5. The van der Waals surface area contributed by atoms with E-state index in [1.54, 1.807) is 7.05 Å². The largest absolute Gasteiger partial charge is 0.341 e. The number of sulfone groups is 1. The molecule has 138 valence electrons. The van der Waals surface area contributed by atoms with Crippen molar-refractivity contribution >= 4 is 27.3 Å². The van der Waals surface area contributed by atoms with Crippen LogP contribution in [0.5, 0.6) is 0 Å². The molecule has 0 spiro atoms. The number of benzene rings is 1. The molecule has 1 saturated heterocycles. The average molecular weight is 366 g/mol. The van der Waals surface area contributed by atoms with E-state index < -0.39 is 9.84 Å². The van der Waals surface area contributed by atoms with Crippen molar-refractivity contribution in [3.05, 3.63) is 29.3 Å². The van der Waals surface area contributed by atoms with E-state index in [2.05, 4.69) is 5.32 Å². The summed E-state index contributed by atoms with van der Waals surface area (Å²) in [6.07, 6.45) is 1.73. The molecule has 0 radical (unpaired) electrons. The van der Waals surface area contributed by atoms with E-state index in [1.165, 1.54) is 4.90 Å². The maximum atomic E-state index is 12.3. The van der Waals surface area contributed by atoms with E-state index >= 15 is 0 Å². The van der Waals surface area contributed by atoms with Gasteiger partial charge in [-0.3, -0.25) is 9.59 Å². The highest BCUT2D eigenvalue weighted by atomic mass is 32.2. The number of hydrogen-bond donors (Lipinski definition) is 1. The van der Waals surface area contributed by atoms with Crippen LogP contribution < -0.4 is 5.32 Å². The second-order valence-corrected chi connectivity index (χ2v) is 8.67. The molecule has 25 heavy (non-hydrogen) atoms.